The molecule has 8 heteroatoms. The van der Waals surface area contributed by atoms with E-state index < -0.39 is 27.8 Å². The highest BCUT2D eigenvalue weighted by molar-refractivity contribution is 7.91. The van der Waals surface area contributed by atoms with E-state index in [2.05, 4.69) is 6.92 Å². The second kappa shape index (κ2) is 9.39. The summed E-state index contributed by atoms with van der Waals surface area (Å²) in [6, 6.07) is 9.71. The number of carbonyl (C=O) groups excluding carboxylic acids is 1. The molecule has 7 nitrogen and oxygen atoms in total. The number of hydrogen-bond donors (Lipinski definition) is 0. The molecule has 2 aliphatic heterocycles. The fraction of sp³-hybridized carbons (Fsp3) is 0.429. The molecule has 1 aromatic heterocycles. The molecule has 3 heterocycles. The van der Waals surface area contributed by atoms with Crippen molar-refractivity contribution in [3.63, 3.8) is 0 Å². The van der Waals surface area contributed by atoms with Crippen LogP contribution in [0.4, 0.5) is 0 Å². The first kappa shape index (κ1) is 24.6. The summed E-state index contributed by atoms with van der Waals surface area (Å²) in [5.74, 6) is 0.190. The van der Waals surface area contributed by atoms with Gasteiger partial charge >= 0.3 is 0 Å². The van der Waals surface area contributed by atoms with Gasteiger partial charge in [0, 0.05) is 6.04 Å². The highest BCUT2D eigenvalue weighted by Gasteiger charge is 2.48. The minimum Gasteiger partial charge on any atom is -0.494 e. The fourth-order valence-electron chi connectivity index (χ4n) is 5.23. The average molecular weight is 510 g/mol. The van der Waals surface area contributed by atoms with Crippen LogP contribution in [0.25, 0.3) is 11.0 Å². The first-order valence-corrected chi connectivity index (χ1v) is 14.4. The van der Waals surface area contributed by atoms with Crippen LogP contribution >= 0.6 is 0 Å². The monoisotopic (exact) mass is 509 g/mol. The average Bonchev–Trinajstić information content (AvgIpc) is 3.35. The van der Waals surface area contributed by atoms with Crippen LogP contribution in [-0.4, -0.2) is 43.4 Å². The lowest BCUT2D eigenvalue weighted by atomic mass is 9.96. The zero-order valence-electron chi connectivity index (χ0n) is 20.9. The first-order valence-electron chi connectivity index (χ1n) is 12.5. The summed E-state index contributed by atoms with van der Waals surface area (Å²) >= 11 is 0. The Hall–Kier alpha value is -3.13. The van der Waals surface area contributed by atoms with Gasteiger partial charge in [0.05, 0.1) is 35.1 Å². The normalized spacial score (nSPS) is 20.8. The smallest absolute Gasteiger partial charge is 0.291 e. The number of benzene rings is 2. The molecule has 5 rings (SSSR count). The van der Waals surface area contributed by atoms with Crippen molar-refractivity contribution in [1.82, 2.24) is 4.90 Å². The maximum absolute atomic E-state index is 13.8. The minimum atomic E-state index is -3.25. The van der Waals surface area contributed by atoms with E-state index in [-0.39, 0.29) is 28.3 Å². The number of aryl methyl sites for hydroxylation is 2. The van der Waals surface area contributed by atoms with Gasteiger partial charge in [-0.25, -0.2) is 8.42 Å². The van der Waals surface area contributed by atoms with Gasteiger partial charge < -0.3 is 14.1 Å². The number of hydrogen-bond acceptors (Lipinski definition) is 6. The third-order valence-corrected chi connectivity index (χ3v) is 9.09. The van der Waals surface area contributed by atoms with Crippen LogP contribution in [0, 0.1) is 13.8 Å². The van der Waals surface area contributed by atoms with Crippen LogP contribution < -0.4 is 10.2 Å². The largest absolute Gasteiger partial charge is 0.494 e. The third-order valence-electron chi connectivity index (χ3n) is 7.34. The number of unbranched alkanes of at least 4 members (excludes halogenated alkanes) is 2. The van der Waals surface area contributed by atoms with Crippen molar-refractivity contribution < 1.29 is 22.4 Å². The van der Waals surface area contributed by atoms with Crippen molar-refractivity contribution in [2.45, 2.75) is 58.5 Å². The predicted molar refractivity (Wildman–Crippen MR) is 138 cm³/mol. The Balaban J connectivity index is 1.61. The maximum Gasteiger partial charge on any atom is 0.291 e. The summed E-state index contributed by atoms with van der Waals surface area (Å²) in [5.41, 5.74) is 3.03. The predicted octanol–water partition coefficient (Wildman–Crippen LogP) is 4.71. The zero-order valence-corrected chi connectivity index (χ0v) is 21.7. The summed E-state index contributed by atoms with van der Waals surface area (Å²) in [5, 5.41) is 0.423. The number of rotatable bonds is 7. The number of carbonyl (C=O) groups is 1. The lowest BCUT2D eigenvalue weighted by molar-refractivity contribution is 0.0662. The van der Waals surface area contributed by atoms with Gasteiger partial charge in [-0.2, -0.15) is 0 Å². The molecule has 0 bridgehead atoms. The Morgan fingerprint density at radius 2 is 1.78 bits per heavy atom. The summed E-state index contributed by atoms with van der Waals surface area (Å²) in [4.78, 5) is 29.0. The van der Waals surface area contributed by atoms with Crippen molar-refractivity contribution in [1.29, 1.82) is 0 Å². The van der Waals surface area contributed by atoms with Crippen LogP contribution in [0.3, 0.4) is 0 Å². The molecule has 36 heavy (non-hydrogen) atoms. The molecular formula is C28H31NO6S. The number of amides is 1. The van der Waals surface area contributed by atoms with E-state index in [1.165, 1.54) is 0 Å². The second-order valence-electron chi connectivity index (χ2n) is 9.90. The van der Waals surface area contributed by atoms with Gasteiger partial charge in [0.15, 0.2) is 15.3 Å². The summed E-state index contributed by atoms with van der Waals surface area (Å²) in [6.45, 7) is 6.62. The number of ether oxygens (including phenoxy) is 1. The third kappa shape index (κ3) is 4.32. The van der Waals surface area contributed by atoms with Crippen LogP contribution in [0.1, 0.15) is 71.5 Å². The van der Waals surface area contributed by atoms with Crippen molar-refractivity contribution >= 4 is 26.7 Å². The highest BCUT2D eigenvalue weighted by atomic mass is 32.2. The topological polar surface area (TPSA) is 93.9 Å². The number of fused-ring (bicyclic) bond motifs is 2. The zero-order chi connectivity index (χ0) is 25.6. The van der Waals surface area contributed by atoms with Crippen molar-refractivity contribution in [2.75, 3.05) is 18.1 Å². The second-order valence-corrected chi connectivity index (χ2v) is 12.1. The number of nitrogens with zero attached hydrogens (tertiary/aromatic N) is 1. The van der Waals surface area contributed by atoms with Crippen molar-refractivity contribution in [3.05, 3.63) is 74.6 Å². The number of sulfone groups is 1. The molecule has 2 aromatic carbocycles. The lowest BCUT2D eigenvalue weighted by Crippen LogP contribution is -2.40. The molecular weight excluding hydrogens is 478 g/mol. The lowest BCUT2D eigenvalue weighted by Gasteiger charge is -2.30. The SMILES string of the molecule is CCCCCOc1ccc(C2c3c(oc4cc(C)c(C)cc4c3=O)C(=O)N2C2CCS(=O)(=O)C2)cc1. The van der Waals surface area contributed by atoms with E-state index in [0.717, 1.165) is 36.0 Å². The van der Waals surface area contributed by atoms with E-state index in [1.807, 2.05) is 38.1 Å². The van der Waals surface area contributed by atoms with Crippen molar-refractivity contribution in [2.24, 2.45) is 0 Å². The molecule has 2 aliphatic rings. The van der Waals surface area contributed by atoms with Crippen LogP contribution in [0.15, 0.2) is 45.6 Å². The molecule has 190 valence electrons. The van der Waals surface area contributed by atoms with E-state index >= 15 is 0 Å². The molecule has 0 radical (unpaired) electrons. The van der Waals surface area contributed by atoms with E-state index in [9.17, 15) is 18.0 Å². The standard InChI is InChI=1S/C28H31NO6S/c1-4-5-6-12-34-21-9-7-19(8-10-21)25-24-26(30)22-14-17(2)18(3)15-23(22)35-27(24)28(31)29(25)20-11-13-36(32,33)16-20/h7-10,14-15,20,25H,4-6,11-13,16H2,1-3H3. The molecule has 3 aromatic rings. The van der Waals surface area contributed by atoms with Gasteiger partial charge in [-0.1, -0.05) is 31.9 Å². The summed E-state index contributed by atoms with van der Waals surface area (Å²) < 4.78 is 36.5. The Morgan fingerprint density at radius 1 is 1.06 bits per heavy atom. The van der Waals surface area contributed by atoms with Crippen molar-refractivity contribution in [3.8, 4) is 5.75 Å². The highest BCUT2D eigenvalue weighted by Crippen LogP contribution is 2.42. The van der Waals surface area contributed by atoms with Gasteiger partial charge in [0.2, 0.25) is 5.76 Å². The van der Waals surface area contributed by atoms with Crippen LogP contribution in [0.5, 0.6) is 5.75 Å². The molecule has 2 unspecified atom stereocenters. The maximum atomic E-state index is 13.8. The molecule has 1 amide bonds. The van der Waals surface area contributed by atoms with Gasteiger partial charge in [-0.15, -0.1) is 0 Å². The molecule has 0 saturated carbocycles. The minimum absolute atomic E-state index is 0.00458. The Bertz CT molecular complexity index is 1490. The van der Waals surface area contributed by atoms with Gasteiger partial charge in [-0.05, 0) is 67.6 Å². The Kier molecular flexibility index (Phi) is 6.41. The van der Waals surface area contributed by atoms with Crippen LogP contribution in [-0.2, 0) is 9.84 Å². The molecule has 1 saturated heterocycles. The van der Waals surface area contributed by atoms with E-state index in [1.54, 1.807) is 17.0 Å². The Morgan fingerprint density at radius 3 is 2.44 bits per heavy atom. The van der Waals surface area contributed by atoms with Crippen LogP contribution in [0.2, 0.25) is 0 Å². The quantitative estimate of drug-likeness (QED) is 0.428. The molecule has 0 N–H and O–H groups in total. The summed E-state index contributed by atoms with van der Waals surface area (Å²) in [6.07, 6.45) is 3.52. The molecule has 1 fully saturated rings. The van der Waals surface area contributed by atoms with Gasteiger partial charge in [-0.3, -0.25) is 9.59 Å². The van der Waals surface area contributed by atoms with E-state index in [0.29, 0.717) is 29.7 Å². The molecule has 0 aliphatic carbocycles. The summed E-state index contributed by atoms with van der Waals surface area (Å²) in [7, 11) is -3.25. The Labute approximate surface area is 211 Å². The van der Waals surface area contributed by atoms with Gasteiger partial charge in [0.25, 0.3) is 5.91 Å². The fourth-order valence-corrected chi connectivity index (χ4v) is 6.94. The first-order chi connectivity index (χ1) is 17.2. The molecule has 2 atom stereocenters. The van der Waals surface area contributed by atoms with Gasteiger partial charge in [0.1, 0.15) is 11.3 Å². The molecule has 0 spiro atoms. The van der Waals surface area contributed by atoms with E-state index in [4.69, 9.17) is 9.15 Å².